The summed E-state index contributed by atoms with van der Waals surface area (Å²) in [5.41, 5.74) is 3.65. The van der Waals surface area contributed by atoms with Crippen LogP contribution < -0.4 is 21.5 Å². The van der Waals surface area contributed by atoms with Gasteiger partial charge in [-0.1, -0.05) is 30.3 Å². The van der Waals surface area contributed by atoms with Gasteiger partial charge in [0.1, 0.15) is 12.0 Å². The van der Waals surface area contributed by atoms with Crippen LogP contribution in [0.4, 0.5) is 4.39 Å². The van der Waals surface area contributed by atoms with E-state index >= 15 is 0 Å². The van der Waals surface area contributed by atoms with Gasteiger partial charge in [0.25, 0.3) is 5.82 Å². The Morgan fingerprint density at radius 2 is 1.75 bits per heavy atom. The third-order valence-electron chi connectivity index (χ3n) is 4.62. The molecule has 2 heterocycles. The molecule has 0 unspecified atom stereocenters. The van der Waals surface area contributed by atoms with Gasteiger partial charge in [0, 0.05) is 12.0 Å². The fourth-order valence-electron chi connectivity index (χ4n) is 3.45. The van der Waals surface area contributed by atoms with Crippen LogP contribution in [0, 0.1) is 5.82 Å². The summed E-state index contributed by atoms with van der Waals surface area (Å²) in [4.78, 5) is 0. The normalized spacial score (nSPS) is 12.7. The SMILES string of the molecule is Fc1ccc(-c2c[n+](CCc3ccccc3)c3n2CCC3)cc1.[Br-]. The van der Waals surface area contributed by atoms with Crippen LogP contribution >= 0.6 is 0 Å². The number of rotatable bonds is 4. The quantitative estimate of drug-likeness (QED) is 0.585. The van der Waals surface area contributed by atoms with E-state index in [4.69, 9.17) is 0 Å². The number of imidazole rings is 1. The Morgan fingerprint density at radius 1 is 1.00 bits per heavy atom. The number of nitrogens with zero attached hydrogens (tertiary/aromatic N) is 2. The molecular formula is C20H20BrFN2. The smallest absolute Gasteiger partial charge is 0.257 e. The van der Waals surface area contributed by atoms with Gasteiger partial charge in [-0.25, -0.2) is 13.5 Å². The number of aryl methyl sites for hydroxylation is 2. The topological polar surface area (TPSA) is 8.81 Å². The van der Waals surface area contributed by atoms with Crippen molar-refractivity contribution >= 4 is 0 Å². The van der Waals surface area contributed by atoms with Gasteiger partial charge >= 0.3 is 0 Å². The highest BCUT2D eigenvalue weighted by Crippen LogP contribution is 2.25. The Labute approximate surface area is 152 Å². The van der Waals surface area contributed by atoms with Gasteiger partial charge in [-0.2, -0.15) is 0 Å². The molecule has 0 saturated heterocycles. The van der Waals surface area contributed by atoms with Crippen LogP contribution in [0.1, 0.15) is 17.8 Å². The van der Waals surface area contributed by atoms with Crippen molar-refractivity contribution < 1.29 is 25.9 Å². The number of benzene rings is 2. The first-order valence-corrected chi connectivity index (χ1v) is 8.23. The average Bonchev–Trinajstić information content (AvgIpc) is 3.18. The van der Waals surface area contributed by atoms with E-state index in [0.29, 0.717) is 0 Å². The van der Waals surface area contributed by atoms with Gasteiger partial charge in [-0.05, 0) is 36.2 Å². The molecule has 2 aromatic carbocycles. The van der Waals surface area contributed by atoms with Crippen molar-refractivity contribution in [1.82, 2.24) is 4.57 Å². The minimum absolute atomic E-state index is 0. The first-order chi connectivity index (χ1) is 11.3. The lowest BCUT2D eigenvalue weighted by Crippen LogP contribution is -3.00. The summed E-state index contributed by atoms with van der Waals surface area (Å²) in [6.07, 6.45) is 5.57. The minimum Gasteiger partial charge on any atom is -1.00 e. The molecule has 1 aliphatic rings. The monoisotopic (exact) mass is 386 g/mol. The molecule has 0 spiro atoms. The predicted molar refractivity (Wildman–Crippen MR) is 88.5 cm³/mol. The molecule has 0 bridgehead atoms. The summed E-state index contributed by atoms with van der Waals surface area (Å²) in [5, 5.41) is 0. The molecule has 1 aliphatic heterocycles. The van der Waals surface area contributed by atoms with Crippen molar-refractivity contribution in [3.05, 3.63) is 78.0 Å². The van der Waals surface area contributed by atoms with Crippen LogP contribution in [0.15, 0.2) is 60.8 Å². The zero-order chi connectivity index (χ0) is 15.6. The van der Waals surface area contributed by atoms with Crippen molar-refractivity contribution in [2.75, 3.05) is 0 Å². The van der Waals surface area contributed by atoms with Crippen molar-refractivity contribution in [3.8, 4) is 11.3 Å². The standard InChI is InChI=1S/C20H20FN2.BrH/c21-18-10-8-17(9-11-18)19-15-22(20-7-4-13-23(19)20)14-12-16-5-2-1-3-6-16;/h1-3,5-6,8-11,15H,4,7,12-14H2;1H/q+1;/p-1. The van der Waals surface area contributed by atoms with Crippen LogP contribution in [0.2, 0.25) is 0 Å². The number of fused-ring (bicyclic) bond motifs is 1. The lowest BCUT2D eigenvalue weighted by molar-refractivity contribution is -0.702. The first-order valence-electron chi connectivity index (χ1n) is 8.23. The first kappa shape index (κ1) is 16.9. The second-order valence-electron chi connectivity index (χ2n) is 6.12. The van der Waals surface area contributed by atoms with Crippen molar-refractivity contribution in [3.63, 3.8) is 0 Å². The van der Waals surface area contributed by atoms with Gasteiger partial charge in [-0.15, -0.1) is 0 Å². The van der Waals surface area contributed by atoms with Crippen LogP contribution in [0.3, 0.4) is 0 Å². The Kier molecular flexibility index (Phi) is 5.14. The lowest BCUT2D eigenvalue weighted by atomic mass is 10.1. The Bertz CT molecular complexity index is 810. The van der Waals surface area contributed by atoms with Crippen molar-refractivity contribution in [2.45, 2.75) is 32.4 Å². The third kappa shape index (κ3) is 3.29. The average molecular weight is 387 g/mol. The van der Waals surface area contributed by atoms with E-state index in [1.807, 2.05) is 12.1 Å². The molecule has 0 atom stereocenters. The van der Waals surface area contributed by atoms with E-state index in [1.54, 1.807) is 12.1 Å². The number of aromatic nitrogens is 2. The van der Waals surface area contributed by atoms with Crippen LogP contribution in [-0.2, 0) is 25.9 Å². The molecule has 0 fully saturated rings. The van der Waals surface area contributed by atoms with E-state index in [9.17, 15) is 4.39 Å². The van der Waals surface area contributed by atoms with Gasteiger partial charge in [0.05, 0.1) is 19.5 Å². The highest BCUT2D eigenvalue weighted by atomic mass is 79.9. The molecular weight excluding hydrogens is 367 g/mol. The fraction of sp³-hybridized carbons (Fsp3) is 0.250. The molecule has 4 rings (SSSR count). The zero-order valence-electron chi connectivity index (χ0n) is 13.5. The third-order valence-corrected chi connectivity index (χ3v) is 4.62. The Balaban J connectivity index is 0.00000169. The molecule has 0 N–H and O–H groups in total. The van der Waals surface area contributed by atoms with E-state index in [0.717, 1.165) is 31.5 Å². The summed E-state index contributed by atoms with van der Waals surface area (Å²) in [6, 6.07) is 17.4. The van der Waals surface area contributed by atoms with Crippen LogP contribution in [0.25, 0.3) is 11.3 Å². The summed E-state index contributed by atoms with van der Waals surface area (Å²) in [6.45, 7) is 2.04. The zero-order valence-corrected chi connectivity index (χ0v) is 15.0. The number of hydrogen-bond acceptors (Lipinski definition) is 0. The molecule has 0 saturated carbocycles. The number of halogens is 2. The predicted octanol–water partition coefficient (Wildman–Crippen LogP) is 0.775. The van der Waals surface area contributed by atoms with E-state index < -0.39 is 0 Å². The van der Waals surface area contributed by atoms with Crippen LogP contribution in [-0.4, -0.2) is 4.57 Å². The van der Waals surface area contributed by atoms with E-state index in [1.165, 1.54) is 23.5 Å². The molecule has 1 aromatic heterocycles. The fourth-order valence-corrected chi connectivity index (χ4v) is 3.45. The molecule has 3 aromatic rings. The van der Waals surface area contributed by atoms with E-state index in [2.05, 4.69) is 45.7 Å². The van der Waals surface area contributed by atoms with Gasteiger partial charge in [0.2, 0.25) is 0 Å². The van der Waals surface area contributed by atoms with Crippen molar-refractivity contribution in [1.29, 1.82) is 0 Å². The second-order valence-corrected chi connectivity index (χ2v) is 6.12. The largest absolute Gasteiger partial charge is 1.00 e. The second kappa shape index (κ2) is 7.31. The Morgan fingerprint density at radius 3 is 2.50 bits per heavy atom. The highest BCUT2D eigenvalue weighted by Gasteiger charge is 2.28. The minimum atomic E-state index is -0.182. The van der Waals surface area contributed by atoms with Gasteiger partial charge < -0.3 is 17.0 Å². The van der Waals surface area contributed by atoms with Crippen LogP contribution in [0.5, 0.6) is 0 Å². The molecule has 4 heteroatoms. The maximum absolute atomic E-state index is 13.2. The summed E-state index contributed by atoms with van der Waals surface area (Å²) < 4.78 is 17.9. The molecule has 0 aliphatic carbocycles. The molecule has 0 amide bonds. The Hall–Kier alpha value is -1.94. The highest BCUT2D eigenvalue weighted by molar-refractivity contribution is 5.58. The molecule has 124 valence electrons. The number of hydrogen-bond donors (Lipinski definition) is 0. The maximum atomic E-state index is 13.2. The summed E-state index contributed by atoms with van der Waals surface area (Å²) >= 11 is 0. The summed E-state index contributed by atoms with van der Waals surface area (Å²) in [7, 11) is 0. The molecule has 24 heavy (non-hydrogen) atoms. The summed E-state index contributed by atoms with van der Waals surface area (Å²) in [5.74, 6) is 1.21. The van der Waals surface area contributed by atoms with E-state index in [-0.39, 0.29) is 22.8 Å². The van der Waals surface area contributed by atoms with Crippen molar-refractivity contribution in [2.24, 2.45) is 0 Å². The maximum Gasteiger partial charge on any atom is 0.257 e. The lowest BCUT2D eigenvalue weighted by Gasteiger charge is -2.00. The molecule has 2 nitrogen and oxygen atoms in total. The van der Waals surface area contributed by atoms with Gasteiger partial charge in [-0.3, -0.25) is 0 Å². The molecule has 0 radical (unpaired) electrons. The van der Waals surface area contributed by atoms with Gasteiger partial charge in [0.15, 0.2) is 5.69 Å².